The van der Waals surface area contributed by atoms with E-state index in [0.717, 1.165) is 31.1 Å². The molecule has 1 N–H and O–H groups in total. The largest absolute Gasteiger partial charge is 0.330 e. The van der Waals surface area contributed by atoms with Gasteiger partial charge in [0.15, 0.2) is 5.11 Å². The van der Waals surface area contributed by atoms with Crippen LogP contribution < -0.4 is 10.2 Å². The summed E-state index contributed by atoms with van der Waals surface area (Å²) in [5.41, 5.74) is 2.46. The van der Waals surface area contributed by atoms with E-state index in [4.69, 9.17) is 12.2 Å². The van der Waals surface area contributed by atoms with Crippen LogP contribution in [0.15, 0.2) is 42.5 Å². The molecule has 2 aromatic carbocycles. The fourth-order valence-electron chi connectivity index (χ4n) is 2.52. The number of hydrogen-bond acceptors (Lipinski definition) is 1. The third-order valence-electron chi connectivity index (χ3n) is 3.53. The second-order valence-corrected chi connectivity index (χ2v) is 5.32. The van der Waals surface area contributed by atoms with E-state index in [2.05, 4.69) is 11.4 Å². The van der Waals surface area contributed by atoms with Gasteiger partial charge in [-0.05, 0) is 48.8 Å². The second-order valence-electron chi connectivity index (χ2n) is 4.94. The molecule has 0 atom stereocenters. The Hall–Kier alpha value is -2.01. The fourth-order valence-corrected chi connectivity index (χ4v) is 2.82. The van der Waals surface area contributed by atoms with Crippen molar-refractivity contribution in [2.24, 2.45) is 0 Å². The Morgan fingerprint density at radius 2 is 1.95 bits per heavy atom. The molecule has 2 aromatic rings. The lowest BCUT2D eigenvalue weighted by Crippen LogP contribution is -2.38. The van der Waals surface area contributed by atoms with Crippen LogP contribution in [0.2, 0.25) is 0 Å². The Morgan fingerprint density at radius 3 is 2.76 bits per heavy atom. The Bertz CT molecular complexity index is 688. The van der Waals surface area contributed by atoms with Crippen molar-refractivity contribution in [3.8, 4) is 0 Å². The monoisotopic (exact) mass is 304 g/mol. The van der Waals surface area contributed by atoms with Crippen LogP contribution >= 0.6 is 12.2 Å². The van der Waals surface area contributed by atoms with E-state index in [1.54, 1.807) is 0 Å². The Morgan fingerprint density at radius 1 is 1.14 bits per heavy atom. The van der Waals surface area contributed by atoms with Crippen LogP contribution in [-0.2, 0) is 6.42 Å². The average molecular weight is 304 g/mol. The molecule has 21 heavy (non-hydrogen) atoms. The number of anilines is 2. The standard InChI is InChI=1S/C16H14F2N2S/c17-12-7-8-14(13(18)10-12)19-16(21)20-9-3-5-11-4-1-2-6-15(11)20/h1-2,4,6-8,10H,3,5,9H2,(H,19,21). The molecule has 0 bridgehead atoms. The molecule has 0 spiro atoms. The normalized spacial score (nSPS) is 13.7. The van der Waals surface area contributed by atoms with Crippen LogP contribution in [0.1, 0.15) is 12.0 Å². The molecule has 0 unspecified atom stereocenters. The smallest absolute Gasteiger partial charge is 0.178 e. The topological polar surface area (TPSA) is 15.3 Å². The predicted octanol–water partition coefficient (Wildman–Crippen LogP) is 4.11. The van der Waals surface area contributed by atoms with Crippen LogP contribution in [0.5, 0.6) is 0 Å². The van der Waals surface area contributed by atoms with Crippen LogP contribution in [-0.4, -0.2) is 11.7 Å². The van der Waals surface area contributed by atoms with Crippen molar-refractivity contribution in [3.63, 3.8) is 0 Å². The van der Waals surface area contributed by atoms with Crippen molar-refractivity contribution in [3.05, 3.63) is 59.7 Å². The highest BCUT2D eigenvalue weighted by Crippen LogP contribution is 2.27. The van der Waals surface area contributed by atoms with Crippen LogP contribution in [0.25, 0.3) is 0 Å². The first-order valence-electron chi connectivity index (χ1n) is 6.76. The van der Waals surface area contributed by atoms with Crippen molar-refractivity contribution in [2.45, 2.75) is 12.8 Å². The molecule has 1 aliphatic heterocycles. The quantitative estimate of drug-likeness (QED) is 0.798. The third-order valence-corrected chi connectivity index (χ3v) is 3.85. The summed E-state index contributed by atoms with van der Waals surface area (Å²) >= 11 is 5.38. The fraction of sp³-hybridized carbons (Fsp3) is 0.188. The van der Waals surface area contributed by atoms with E-state index < -0.39 is 11.6 Å². The van der Waals surface area contributed by atoms with Gasteiger partial charge >= 0.3 is 0 Å². The van der Waals surface area contributed by atoms with Crippen molar-refractivity contribution >= 4 is 28.7 Å². The molecule has 0 saturated carbocycles. The van der Waals surface area contributed by atoms with Crippen molar-refractivity contribution < 1.29 is 8.78 Å². The van der Waals surface area contributed by atoms with E-state index in [0.29, 0.717) is 5.11 Å². The molecule has 0 saturated heterocycles. The molecule has 2 nitrogen and oxygen atoms in total. The molecule has 0 aromatic heterocycles. The van der Waals surface area contributed by atoms with E-state index >= 15 is 0 Å². The SMILES string of the molecule is Fc1ccc(NC(=S)N2CCCc3ccccc32)c(F)c1. The van der Waals surface area contributed by atoms with Crippen LogP contribution in [0, 0.1) is 11.6 Å². The summed E-state index contributed by atoms with van der Waals surface area (Å²) in [4.78, 5) is 1.96. The lowest BCUT2D eigenvalue weighted by Gasteiger charge is -2.31. The number of thiocarbonyl (C=S) groups is 1. The van der Waals surface area contributed by atoms with Gasteiger partial charge in [0.05, 0.1) is 5.69 Å². The molecule has 3 rings (SSSR count). The van der Waals surface area contributed by atoms with Gasteiger partial charge in [0, 0.05) is 18.3 Å². The summed E-state index contributed by atoms with van der Waals surface area (Å²) in [5.74, 6) is -1.25. The first-order chi connectivity index (χ1) is 10.1. The highest BCUT2D eigenvalue weighted by Gasteiger charge is 2.20. The van der Waals surface area contributed by atoms with Gasteiger partial charge in [-0.25, -0.2) is 8.78 Å². The maximum atomic E-state index is 13.7. The first-order valence-corrected chi connectivity index (χ1v) is 7.17. The number of rotatable bonds is 1. The van der Waals surface area contributed by atoms with Gasteiger partial charge in [-0.1, -0.05) is 18.2 Å². The summed E-state index contributed by atoms with van der Waals surface area (Å²) in [6, 6.07) is 11.4. The van der Waals surface area contributed by atoms with Crippen LogP contribution in [0.3, 0.4) is 0 Å². The highest BCUT2D eigenvalue weighted by molar-refractivity contribution is 7.80. The zero-order valence-electron chi connectivity index (χ0n) is 11.3. The van der Waals surface area contributed by atoms with E-state index in [-0.39, 0.29) is 5.69 Å². The minimum absolute atomic E-state index is 0.185. The van der Waals surface area contributed by atoms with Gasteiger partial charge in [0.1, 0.15) is 11.6 Å². The first kappa shape index (κ1) is 13.9. The third kappa shape index (κ3) is 2.88. The predicted molar refractivity (Wildman–Crippen MR) is 84.7 cm³/mol. The summed E-state index contributed by atoms with van der Waals surface area (Å²) in [7, 11) is 0. The molecule has 1 aliphatic rings. The van der Waals surface area contributed by atoms with Gasteiger partial charge in [-0.3, -0.25) is 0 Å². The molecule has 0 fully saturated rings. The van der Waals surface area contributed by atoms with Gasteiger partial charge < -0.3 is 10.2 Å². The number of benzene rings is 2. The summed E-state index contributed by atoms with van der Waals surface area (Å²) in [5, 5.41) is 3.29. The zero-order valence-corrected chi connectivity index (χ0v) is 12.1. The van der Waals surface area contributed by atoms with E-state index in [1.165, 1.54) is 17.7 Å². The van der Waals surface area contributed by atoms with Gasteiger partial charge in [-0.2, -0.15) is 0 Å². The van der Waals surface area contributed by atoms with Crippen molar-refractivity contribution in [2.75, 3.05) is 16.8 Å². The summed E-state index contributed by atoms with van der Waals surface area (Å²) < 4.78 is 26.6. The number of halogens is 2. The number of fused-ring (bicyclic) bond motifs is 1. The summed E-state index contributed by atoms with van der Waals surface area (Å²) in [6.45, 7) is 0.783. The molecule has 0 amide bonds. The molecule has 5 heteroatoms. The van der Waals surface area contributed by atoms with E-state index in [1.807, 2.05) is 23.1 Å². The van der Waals surface area contributed by atoms with E-state index in [9.17, 15) is 8.78 Å². The van der Waals surface area contributed by atoms with Gasteiger partial charge in [0.25, 0.3) is 0 Å². The minimum atomic E-state index is -0.650. The summed E-state index contributed by atoms with van der Waals surface area (Å²) in [6.07, 6.45) is 2.00. The Labute approximate surface area is 127 Å². The molecular formula is C16H14F2N2S. The highest BCUT2D eigenvalue weighted by atomic mass is 32.1. The number of nitrogens with zero attached hydrogens (tertiary/aromatic N) is 1. The van der Waals surface area contributed by atoms with Gasteiger partial charge in [-0.15, -0.1) is 0 Å². The minimum Gasteiger partial charge on any atom is -0.330 e. The number of nitrogens with one attached hydrogen (secondary N) is 1. The number of hydrogen-bond donors (Lipinski definition) is 1. The molecular weight excluding hydrogens is 290 g/mol. The Kier molecular flexibility index (Phi) is 3.84. The number of aryl methyl sites for hydroxylation is 1. The van der Waals surface area contributed by atoms with Crippen molar-refractivity contribution in [1.29, 1.82) is 0 Å². The molecule has 0 aliphatic carbocycles. The molecule has 1 heterocycles. The molecule has 108 valence electrons. The lowest BCUT2D eigenvalue weighted by molar-refractivity contribution is 0.586. The Balaban J connectivity index is 1.83. The van der Waals surface area contributed by atoms with Crippen molar-refractivity contribution in [1.82, 2.24) is 0 Å². The second kappa shape index (κ2) is 5.77. The lowest BCUT2D eigenvalue weighted by atomic mass is 10.0. The maximum absolute atomic E-state index is 13.7. The van der Waals surface area contributed by atoms with Gasteiger partial charge in [0.2, 0.25) is 0 Å². The average Bonchev–Trinajstić information content (AvgIpc) is 2.49. The maximum Gasteiger partial charge on any atom is 0.178 e. The number of para-hydroxylation sites is 1. The zero-order chi connectivity index (χ0) is 14.8. The molecule has 0 radical (unpaired) electrons. The van der Waals surface area contributed by atoms with Crippen LogP contribution in [0.4, 0.5) is 20.2 Å².